The maximum absolute atomic E-state index is 12.7. The molecule has 1 amide bonds. The van der Waals surface area contributed by atoms with Gasteiger partial charge in [-0.15, -0.1) is 6.42 Å². The first-order valence-corrected chi connectivity index (χ1v) is 4.27. The summed E-state index contributed by atoms with van der Waals surface area (Å²) in [7, 11) is 0. The van der Waals surface area contributed by atoms with Crippen molar-refractivity contribution in [3.05, 3.63) is 35.4 Å². The summed E-state index contributed by atoms with van der Waals surface area (Å²) in [6, 6.07) is 3.33. The Morgan fingerprint density at radius 2 is 2.13 bits per heavy atom. The van der Waals surface area contributed by atoms with Gasteiger partial charge in [-0.2, -0.15) is 0 Å². The maximum Gasteiger partial charge on any atom is 0.225 e. The van der Waals surface area contributed by atoms with E-state index in [1.165, 1.54) is 6.07 Å². The molecule has 0 saturated carbocycles. The summed E-state index contributed by atoms with van der Waals surface area (Å²) >= 11 is 0. The van der Waals surface area contributed by atoms with Crippen molar-refractivity contribution in [2.75, 3.05) is 6.54 Å². The number of halogens is 2. The van der Waals surface area contributed by atoms with Crippen molar-refractivity contribution in [2.45, 2.75) is 6.42 Å². The maximum atomic E-state index is 12.7. The van der Waals surface area contributed by atoms with Gasteiger partial charge in [0.15, 0.2) is 11.6 Å². The predicted molar refractivity (Wildman–Crippen MR) is 51.9 cm³/mol. The number of hydrogen-bond acceptors (Lipinski definition) is 1. The third-order valence-corrected chi connectivity index (χ3v) is 1.74. The van der Waals surface area contributed by atoms with Crippen LogP contribution in [0.3, 0.4) is 0 Å². The van der Waals surface area contributed by atoms with E-state index in [4.69, 9.17) is 6.42 Å². The van der Waals surface area contributed by atoms with E-state index in [1.807, 2.05) is 0 Å². The molecule has 1 aromatic carbocycles. The Bertz CT molecular complexity index is 410. The van der Waals surface area contributed by atoms with Gasteiger partial charge >= 0.3 is 0 Å². The van der Waals surface area contributed by atoms with E-state index in [0.29, 0.717) is 5.56 Å². The molecule has 15 heavy (non-hydrogen) atoms. The monoisotopic (exact) mass is 209 g/mol. The molecule has 2 nitrogen and oxygen atoms in total. The normalized spacial score (nSPS) is 9.40. The molecule has 0 atom stereocenters. The Hall–Kier alpha value is -1.89. The van der Waals surface area contributed by atoms with Crippen LogP contribution in [0.5, 0.6) is 0 Å². The lowest BCUT2D eigenvalue weighted by Gasteiger charge is -2.02. The van der Waals surface area contributed by atoms with Gasteiger partial charge in [-0.3, -0.25) is 4.79 Å². The highest BCUT2D eigenvalue weighted by Crippen LogP contribution is 2.08. The summed E-state index contributed by atoms with van der Waals surface area (Å²) in [4.78, 5) is 11.1. The third kappa shape index (κ3) is 3.39. The molecule has 78 valence electrons. The Balaban J connectivity index is 2.62. The summed E-state index contributed by atoms with van der Waals surface area (Å²) in [5, 5.41) is 2.42. The second kappa shape index (κ2) is 5.11. The fourth-order valence-electron chi connectivity index (χ4n) is 1.05. The lowest BCUT2D eigenvalue weighted by molar-refractivity contribution is -0.120. The zero-order valence-electron chi connectivity index (χ0n) is 7.89. The first-order valence-electron chi connectivity index (χ1n) is 4.27. The third-order valence-electron chi connectivity index (χ3n) is 1.74. The van der Waals surface area contributed by atoms with Gasteiger partial charge in [-0.1, -0.05) is 12.0 Å². The fraction of sp³-hybridized carbons (Fsp3) is 0.182. The molecule has 0 fully saturated rings. The summed E-state index contributed by atoms with van der Waals surface area (Å²) in [5.74, 6) is 0.0296. The molecule has 0 aromatic heterocycles. The molecular formula is C11H9F2NO. The molecule has 0 spiro atoms. The van der Waals surface area contributed by atoms with Gasteiger partial charge in [0, 0.05) is 0 Å². The van der Waals surface area contributed by atoms with E-state index in [0.717, 1.165) is 12.1 Å². The lowest BCUT2D eigenvalue weighted by atomic mass is 10.1. The highest BCUT2D eigenvalue weighted by molar-refractivity contribution is 5.78. The number of terminal acetylenes is 1. The Kier molecular flexibility index (Phi) is 3.81. The van der Waals surface area contributed by atoms with Gasteiger partial charge < -0.3 is 5.32 Å². The van der Waals surface area contributed by atoms with Gasteiger partial charge in [0.1, 0.15) is 0 Å². The molecule has 0 bridgehead atoms. The second-order valence-electron chi connectivity index (χ2n) is 2.91. The topological polar surface area (TPSA) is 29.1 Å². The van der Waals surface area contributed by atoms with Crippen LogP contribution in [-0.2, 0) is 11.2 Å². The van der Waals surface area contributed by atoms with Crippen LogP contribution in [0.2, 0.25) is 0 Å². The van der Waals surface area contributed by atoms with Crippen LogP contribution in [0.15, 0.2) is 18.2 Å². The number of benzene rings is 1. The van der Waals surface area contributed by atoms with Crippen LogP contribution in [-0.4, -0.2) is 12.5 Å². The van der Waals surface area contributed by atoms with Crippen molar-refractivity contribution >= 4 is 5.91 Å². The second-order valence-corrected chi connectivity index (χ2v) is 2.91. The van der Waals surface area contributed by atoms with Gasteiger partial charge in [0.25, 0.3) is 0 Å². The van der Waals surface area contributed by atoms with Crippen LogP contribution in [0.4, 0.5) is 8.78 Å². The molecule has 1 rings (SSSR count). The van der Waals surface area contributed by atoms with E-state index >= 15 is 0 Å². The zero-order chi connectivity index (χ0) is 11.3. The van der Waals surface area contributed by atoms with Crippen LogP contribution in [0.25, 0.3) is 0 Å². The van der Waals surface area contributed by atoms with E-state index in [9.17, 15) is 13.6 Å². The molecule has 0 radical (unpaired) electrons. The average molecular weight is 209 g/mol. The van der Waals surface area contributed by atoms with E-state index in [2.05, 4.69) is 11.2 Å². The molecule has 0 heterocycles. The van der Waals surface area contributed by atoms with Crippen molar-refractivity contribution in [3.8, 4) is 12.3 Å². The molecule has 0 aliphatic heterocycles. The molecular weight excluding hydrogens is 200 g/mol. The van der Waals surface area contributed by atoms with Crippen LogP contribution in [0, 0.1) is 24.0 Å². The Labute approximate surface area is 86.3 Å². The predicted octanol–water partition coefficient (Wildman–Crippen LogP) is 1.26. The van der Waals surface area contributed by atoms with Crippen molar-refractivity contribution in [1.82, 2.24) is 5.32 Å². The molecule has 1 aromatic rings. The smallest absolute Gasteiger partial charge is 0.225 e. The fourth-order valence-corrected chi connectivity index (χ4v) is 1.05. The summed E-state index contributed by atoms with van der Waals surface area (Å²) in [6.07, 6.45) is 4.92. The SMILES string of the molecule is C#CCNC(=O)Cc1ccc(F)c(F)c1. The first-order chi connectivity index (χ1) is 7.13. The minimum Gasteiger partial charge on any atom is -0.345 e. The van der Waals surface area contributed by atoms with Crippen molar-refractivity contribution in [1.29, 1.82) is 0 Å². The van der Waals surface area contributed by atoms with Crippen LogP contribution >= 0.6 is 0 Å². The largest absolute Gasteiger partial charge is 0.345 e. The number of carbonyl (C=O) groups is 1. The summed E-state index contributed by atoms with van der Waals surface area (Å²) < 4.78 is 25.3. The average Bonchev–Trinajstić information content (AvgIpc) is 2.20. The molecule has 0 aliphatic rings. The molecule has 0 aliphatic carbocycles. The van der Waals surface area contributed by atoms with E-state index in [-0.39, 0.29) is 18.9 Å². The number of rotatable bonds is 3. The minimum atomic E-state index is -0.961. The van der Waals surface area contributed by atoms with E-state index < -0.39 is 11.6 Å². The molecule has 1 N–H and O–H groups in total. The van der Waals surface area contributed by atoms with Crippen LogP contribution in [0.1, 0.15) is 5.56 Å². The molecule has 4 heteroatoms. The number of hydrogen-bond donors (Lipinski definition) is 1. The highest BCUT2D eigenvalue weighted by atomic mass is 19.2. The molecule has 0 saturated heterocycles. The molecule has 0 unspecified atom stereocenters. The number of carbonyl (C=O) groups excluding carboxylic acids is 1. The van der Waals surface area contributed by atoms with Gasteiger partial charge in [0.05, 0.1) is 13.0 Å². The van der Waals surface area contributed by atoms with Crippen molar-refractivity contribution in [2.24, 2.45) is 0 Å². The van der Waals surface area contributed by atoms with Crippen molar-refractivity contribution in [3.63, 3.8) is 0 Å². The summed E-state index contributed by atoms with van der Waals surface area (Å²) in [5.41, 5.74) is 0.406. The minimum absolute atomic E-state index is 0.0150. The van der Waals surface area contributed by atoms with E-state index in [1.54, 1.807) is 0 Å². The lowest BCUT2D eigenvalue weighted by Crippen LogP contribution is -2.25. The first kappa shape index (κ1) is 11.2. The van der Waals surface area contributed by atoms with Gasteiger partial charge in [0.2, 0.25) is 5.91 Å². The number of amides is 1. The highest BCUT2D eigenvalue weighted by Gasteiger charge is 2.06. The standard InChI is InChI=1S/C11H9F2NO/c1-2-5-14-11(15)7-8-3-4-9(12)10(13)6-8/h1,3-4,6H,5,7H2,(H,14,15). The van der Waals surface area contributed by atoms with Gasteiger partial charge in [-0.25, -0.2) is 8.78 Å². The Morgan fingerprint density at radius 1 is 1.40 bits per heavy atom. The number of nitrogens with one attached hydrogen (secondary N) is 1. The van der Waals surface area contributed by atoms with Gasteiger partial charge in [-0.05, 0) is 17.7 Å². The quantitative estimate of drug-likeness (QED) is 0.746. The Morgan fingerprint density at radius 3 is 2.73 bits per heavy atom. The summed E-state index contributed by atoms with van der Waals surface area (Å²) in [6.45, 7) is 0.127. The van der Waals surface area contributed by atoms with Crippen molar-refractivity contribution < 1.29 is 13.6 Å². The van der Waals surface area contributed by atoms with Crippen LogP contribution < -0.4 is 5.32 Å². The zero-order valence-corrected chi connectivity index (χ0v) is 7.89.